The maximum absolute atomic E-state index is 6.10. The van der Waals surface area contributed by atoms with Gasteiger partial charge >= 0.3 is 0 Å². The minimum atomic E-state index is 0.0901. The van der Waals surface area contributed by atoms with Crippen molar-refractivity contribution in [3.05, 3.63) is 58.8 Å². The molecule has 0 spiro atoms. The zero-order chi connectivity index (χ0) is 14.8. The third-order valence-corrected chi connectivity index (χ3v) is 4.37. The van der Waals surface area contributed by atoms with Crippen LogP contribution in [-0.2, 0) is 13.0 Å². The zero-order valence-corrected chi connectivity index (χ0v) is 12.8. The lowest BCUT2D eigenvalue weighted by Gasteiger charge is -2.31. The highest BCUT2D eigenvalue weighted by atomic mass is 15.2. The van der Waals surface area contributed by atoms with Crippen LogP contribution in [0.1, 0.15) is 41.6 Å². The molecule has 0 aliphatic carbocycles. The SMILES string of the molecule is CC[C@@H](N)c1cnc(N2CCc3ccccc3C2)c(C)c1. The number of nitrogens with two attached hydrogens (primary N) is 1. The molecular formula is C18H23N3. The van der Waals surface area contributed by atoms with E-state index in [0.29, 0.717) is 0 Å². The van der Waals surface area contributed by atoms with Crippen LogP contribution >= 0.6 is 0 Å². The largest absolute Gasteiger partial charge is 0.352 e. The Morgan fingerprint density at radius 2 is 2.05 bits per heavy atom. The van der Waals surface area contributed by atoms with Crippen molar-refractivity contribution in [1.82, 2.24) is 4.98 Å². The molecule has 21 heavy (non-hydrogen) atoms. The molecule has 0 unspecified atom stereocenters. The number of rotatable bonds is 3. The highest BCUT2D eigenvalue weighted by molar-refractivity contribution is 5.50. The smallest absolute Gasteiger partial charge is 0.131 e. The third-order valence-electron chi connectivity index (χ3n) is 4.37. The van der Waals surface area contributed by atoms with Gasteiger partial charge in [0.15, 0.2) is 0 Å². The minimum Gasteiger partial charge on any atom is -0.352 e. The van der Waals surface area contributed by atoms with Crippen molar-refractivity contribution in [2.75, 3.05) is 11.4 Å². The molecule has 1 aliphatic rings. The first-order chi connectivity index (χ1) is 10.2. The van der Waals surface area contributed by atoms with Gasteiger partial charge in [-0.2, -0.15) is 0 Å². The highest BCUT2D eigenvalue weighted by Gasteiger charge is 2.19. The van der Waals surface area contributed by atoms with Crippen molar-refractivity contribution >= 4 is 5.82 Å². The Bertz CT molecular complexity index is 636. The fraction of sp³-hybridized carbons (Fsp3) is 0.389. The molecule has 2 N–H and O–H groups in total. The Labute approximate surface area is 126 Å². The van der Waals surface area contributed by atoms with Gasteiger partial charge < -0.3 is 10.6 Å². The molecule has 1 aromatic heterocycles. The van der Waals surface area contributed by atoms with Crippen molar-refractivity contribution in [3.8, 4) is 0 Å². The number of hydrogen-bond donors (Lipinski definition) is 1. The number of pyridine rings is 1. The van der Waals surface area contributed by atoms with E-state index in [2.05, 4.69) is 54.1 Å². The van der Waals surface area contributed by atoms with Gasteiger partial charge in [-0.3, -0.25) is 0 Å². The number of aromatic nitrogens is 1. The molecule has 0 radical (unpaired) electrons. The van der Waals surface area contributed by atoms with E-state index >= 15 is 0 Å². The van der Waals surface area contributed by atoms with Crippen LogP contribution in [0, 0.1) is 6.92 Å². The average Bonchev–Trinajstić information content (AvgIpc) is 2.53. The summed E-state index contributed by atoms with van der Waals surface area (Å²) in [4.78, 5) is 7.06. The summed E-state index contributed by atoms with van der Waals surface area (Å²) in [5.74, 6) is 1.09. The van der Waals surface area contributed by atoms with Crippen LogP contribution in [0.3, 0.4) is 0 Å². The van der Waals surface area contributed by atoms with Crippen LogP contribution < -0.4 is 10.6 Å². The van der Waals surface area contributed by atoms with E-state index in [0.717, 1.165) is 37.3 Å². The molecule has 0 saturated heterocycles. The van der Waals surface area contributed by atoms with E-state index in [1.54, 1.807) is 0 Å². The number of aryl methyl sites for hydroxylation is 1. The van der Waals surface area contributed by atoms with Crippen LogP contribution in [0.2, 0.25) is 0 Å². The second-order valence-electron chi connectivity index (χ2n) is 5.86. The summed E-state index contributed by atoms with van der Waals surface area (Å²) in [5, 5.41) is 0. The Morgan fingerprint density at radius 3 is 2.76 bits per heavy atom. The molecule has 0 amide bonds. The van der Waals surface area contributed by atoms with Crippen LogP contribution in [0.4, 0.5) is 5.82 Å². The standard InChI is InChI=1S/C18H23N3/c1-3-17(19)16-10-13(2)18(20-11-16)21-9-8-14-6-4-5-7-15(14)12-21/h4-7,10-11,17H,3,8-9,12,19H2,1-2H3/t17-/m1/s1. The second-order valence-corrected chi connectivity index (χ2v) is 5.86. The second kappa shape index (κ2) is 5.86. The van der Waals surface area contributed by atoms with E-state index in [1.165, 1.54) is 16.7 Å². The summed E-state index contributed by atoms with van der Waals surface area (Å²) in [6.45, 7) is 6.22. The molecule has 2 heterocycles. The zero-order valence-electron chi connectivity index (χ0n) is 12.8. The normalized spacial score (nSPS) is 15.7. The first kappa shape index (κ1) is 14.1. The minimum absolute atomic E-state index is 0.0901. The molecule has 1 atom stereocenters. The monoisotopic (exact) mass is 281 g/mol. The lowest BCUT2D eigenvalue weighted by atomic mass is 9.99. The van der Waals surface area contributed by atoms with Crippen molar-refractivity contribution in [1.29, 1.82) is 0 Å². The van der Waals surface area contributed by atoms with E-state index in [1.807, 2.05) is 6.20 Å². The van der Waals surface area contributed by atoms with Gasteiger partial charge in [0, 0.05) is 25.3 Å². The van der Waals surface area contributed by atoms with Gasteiger partial charge in [-0.25, -0.2) is 4.98 Å². The molecule has 3 heteroatoms. The van der Waals surface area contributed by atoms with Crippen LogP contribution in [0.5, 0.6) is 0 Å². The summed E-state index contributed by atoms with van der Waals surface area (Å²) in [6.07, 6.45) is 3.97. The average molecular weight is 281 g/mol. The van der Waals surface area contributed by atoms with Crippen LogP contribution in [-0.4, -0.2) is 11.5 Å². The maximum atomic E-state index is 6.10. The lowest BCUT2D eigenvalue weighted by Crippen LogP contribution is -2.31. The lowest BCUT2D eigenvalue weighted by molar-refractivity contribution is 0.687. The summed E-state index contributed by atoms with van der Waals surface area (Å²) in [5.41, 5.74) is 11.3. The fourth-order valence-electron chi connectivity index (χ4n) is 3.04. The van der Waals surface area contributed by atoms with E-state index in [9.17, 15) is 0 Å². The molecule has 0 fully saturated rings. The van der Waals surface area contributed by atoms with Crippen molar-refractivity contribution in [2.24, 2.45) is 5.73 Å². The van der Waals surface area contributed by atoms with Crippen LogP contribution in [0.25, 0.3) is 0 Å². The molecule has 3 rings (SSSR count). The van der Waals surface area contributed by atoms with Gasteiger partial charge in [-0.05, 0) is 48.1 Å². The Hall–Kier alpha value is -1.87. The summed E-state index contributed by atoms with van der Waals surface area (Å²) < 4.78 is 0. The first-order valence-corrected chi connectivity index (χ1v) is 7.73. The number of benzene rings is 1. The molecule has 3 nitrogen and oxygen atoms in total. The Balaban J connectivity index is 1.85. The fourth-order valence-corrected chi connectivity index (χ4v) is 3.04. The number of hydrogen-bond acceptors (Lipinski definition) is 3. The van der Waals surface area contributed by atoms with Gasteiger partial charge in [-0.1, -0.05) is 31.2 Å². The van der Waals surface area contributed by atoms with E-state index in [4.69, 9.17) is 5.73 Å². The molecule has 110 valence electrons. The van der Waals surface area contributed by atoms with Gasteiger partial charge in [0.1, 0.15) is 5.82 Å². The van der Waals surface area contributed by atoms with E-state index < -0.39 is 0 Å². The van der Waals surface area contributed by atoms with Gasteiger partial charge in [0.25, 0.3) is 0 Å². The number of anilines is 1. The first-order valence-electron chi connectivity index (χ1n) is 7.73. The van der Waals surface area contributed by atoms with E-state index in [-0.39, 0.29) is 6.04 Å². The number of fused-ring (bicyclic) bond motifs is 1. The maximum Gasteiger partial charge on any atom is 0.131 e. The van der Waals surface area contributed by atoms with Crippen molar-refractivity contribution in [3.63, 3.8) is 0 Å². The molecule has 2 aromatic rings. The molecule has 0 saturated carbocycles. The quantitative estimate of drug-likeness (QED) is 0.938. The summed E-state index contributed by atoms with van der Waals surface area (Å²) in [6, 6.07) is 11.0. The van der Waals surface area contributed by atoms with Gasteiger partial charge in [-0.15, -0.1) is 0 Å². The van der Waals surface area contributed by atoms with Crippen molar-refractivity contribution < 1.29 is 0 Å². The Kier molecular flexibility index (Phi) is 3.93. The summed E-state index contributed by atoms with van der Waals surface area (Å²) >= 11 is 0. The van der Waals surface area contributed by atoms with Gasteiger partial charge in [0.05, 0.1) is 0 Å². The summed E-state index contributed by atoms with van der Waals surface area (Å²) in [7, 11) is 0. The van der Waals surface area contributed by atoms with Crippen molar-refractivity contribution in [2.45, 2.75) is 39.3 Å². The molecule has 1 aromatic carbocycles. The van der Waals surface area contributed by atoms with Crippen LogP contribution in [0.15, 0.2) is 36.5 Å². The van der Waals surface area contributed by atoms with Gasteiger partial charge in [0.2, 0.25) is 0 Å². The topological polar surface area (TPSA) is 42.1 Å². The predicted molar refractivity (Wildman–Crippen MR) is 87.4 cm³/mol. The highest BCUT2D eigenvalue weighted by Crippen LogP contribution is 2.27. The molecule has 0 bridgehead atoms. The Morgan fingerprint density at radius 1 is 1.29 bits per heavy atom. The number of nitrogens with zero attached hydrogens (tertiary/aromatic N) is 2. The predicted octanol–water partition coefficient (Wildman–Crippen LogP) is 3.36. The third kappa shape index (κ3) is 2.79. The molecule has 1 aliphatic heterocycles. The molecular weight excluding hydrogens is 258 g/mol.